The number of rotatable bonds is 3. The summed E-state index contributed by atoms with van der Waals surface area (Å²) < 4.78 is 3.85. The van der Waals surface area contributed by atoms with E-state index in [2.05, 4.69) is 11.1 Å². The van der Waals surface area contributed by atoms with Gasteiger partial charge in [0, 0.05) is 12.3 Å². The van der Waals surface area contributed by atoms with Crippen LogP contribution in [0.3, 0.4) is 0 Å². The largest absolute Gasteiger partial charge is 0.305 e. The highest BCUT2D eigenvalue weighted by atomic mass is 32.2. The van der Waals surface area contributed by atoms with Gasteiger partial charge in [-0.1, -0.05) is 30.0 Å². The number of para-hydroxylation sites is 1. The summed E-state index contributed by atoms with van der Waals surface area (Å²) in [6.45, 7) is 0. The maximum absolute atomic E-state index is 11.5. The van der Waals surface area contributed by atoms with Gasteiger partial charge in [-0.25, -0.2) is 4.98 Å². The molecule has 0 fully saturated rings. The molecule has 3 aromatic rings. The van der Waals surface area contributed by atoms with E-state index < -0.39 is 0 Å². The van der Waals surface area contributed by atoms with E-state index in [1.54, 1.807) is 46.0 Å². The molecule has 0 saturated heterocycles. The normalized spacial score (nSPS) is 10.9. The monoisotopic (exact) mass is 274 g/mol. The minimum absolute atomic E-state index is 0.0195. The van der Waals surface area contributed by atoms with Crippen molar-refractivity contribution >= 4 is 33.3 Å². The predicted octanol–water partition coefficient (Wildman–Crippen LogP) is 3.21. The van der Waals surface area contributed by atoms with Crippen molar-refractivity contribution in [2.24, 2.45) is 0 Å². The van der Waals surface area contributed by atoms with E-state index in [9.17, 15) is 4.79 Å². The summed E-state index contributed by atoms with van der Waals surface area (Å²) in [6.07, 6.45) is 1.79. The number of nitrogens with zero attached hydrogens (tertiary/aromatic N) is 2. The van der Waals surface area contributed by atoms with Crippen molar-refractivity contribution in [3.63, 3.8) is 0 Å². The molecule has 0 unspecified atom stereocenters. The summed E-state index contributed by atoms with van der Waals surface area (Å²) in [7, 11) is 0. The number of pyridine rings is 1. The van der Waals surface area contributed by atoms with Crippen molar-refractivity contribution in [1.29, 1.82) is 0 Å². The topological polar surface area (TPSA) is 34.9 Å². The lowest BCUT2D eigenvalue weighted by Gasteiger charge is -2.01. The maximum atomic E-state index is 11.5. The highest BCUT2D eigenvalue weighted by molar-refractivity contribution is 8.00. The molecule has 0 saturated carbocycles. The standard InChI is InChI=1S/C13H10N2OS2/c16-12-7-3-4-8-15(12)9-17-13-14-10-5-1-2-6-11(10)18-13/h1-8H,9H2. The molecule has 18 heavy (non-hydrogen) atoms. The zero-order valence-electron chi connectivity index (χ0n) is 9.45. The fourth-order valence-corrected chi connectivity index (χ4v) is 3.59. The Hall–Kier alpha value is -1.59. The van der Waals surface area contributed by atoms with Gasteiger partial charge in [0.15, 0.2) is 4.34 Å². The van der Waals surface area contributed by atoms with E-state index in [1.165, 1.54) is 4.70 Å². The van der Waals surface area contributed by atoms with Gasteiger partial charge in [-0.2, -0.15) is 0 Å². The van der Waals surface area contributed by atoms with Gasteiger partial charge in [0.05, 0.1) is 16.1 Å². The van der Waals surface area contributed by atoms with Crippen molar-refractivity contribution in [3.05, 3.63) is 59.0 Å². The van der Waals surface area contributed by atoms with Crippen molar-refractivity contribution in [3.8, 4) is 0 Å². The Labute approximate surface area is 112 Å². The predicted molar refractivity (Wildman–Crippen MR) is 76.2 cm³/mol. The molecule has 0 aliphatic rings. The fourth-order valence-electron chi connectivity index (χ4n) is 1.60. The molecule has 3 nitrogen and oxygen atoms in total. The van der Waals surface area contributed by atoms with Crippen LogP contribution in [0.4, 0.5) is 0 Å². The summed E-state index contributed by atoms with van der Waals surface area (Å²) in [5, 5.41) is 0. The molecule has 5 heteroatoms. The number of hydrogen-bond acceptors (Lipinski definition) is 4. The third-order valence-corrected chi connectivity index (χ3v) is 4.68. The first-order chi connectivity index (χ1) is 8.83. The molecule has 0 atom stereocenters. The Morgan fingerprint density at radius 3 is 2.83 bits per heavy atom. The Kier molecular flexibility index (Phi) is 3.17. The average Bonchev–Trinajstić information content (AvgIpc) is 2.80. The van der Waals surface area contributed by atoms with Crippen LogP contribution in [0.5, 0.6) is 0 Å². The number of hydrogen-bond donors (Lipinski definition) is 0. The molecule has 0 amide bonds. The Bertz CT molecular complexity index is 700. The number of thiazole rings is 1. The molecule has 2 heterocycles. The zero-order chi connectivity index (χ0) is 12.4. The summed E-state index contributed by atoms with van der Waals surface area (Å²) in [6, 6.07) is 13.2. The van der Waals surface area contributed by atoms with Crippen molar-refractivity contribution < 1.29 is 0 Å². The molecule has 0 N–H and O–H groups in total. The molecular formula is C13H10N2OS2. The molecule has 1 aromatic carbocycles. The second-order valence-electron chi connectivity index (χ2n) is 3.73. The summed E-state index contributed by atoms with van der Waals surface area (Å²) >= 11 is 3.24. The van der Waals surface area contributed by atoms with Gasteiger partial charge in [0.1, 0.15) is 0 Å². The lowest BCUT2D eigenvalue weighted by molar-refractivity contribution is 0.839. The lowest BCUT2D eigenvalue weighted by Crippen LogP contribution is -2.15. The minimum Gasteiger partial charge on any atom is -0.305 e. The first-order valence-electron chi connectivity index (χ1n) is 5.47. The van der Waals surface area contributed by atoms with Crippen LogP contribution in [0.15, 0.2) is 57.8 Å². The smallest absolute Gasteiger partial charge is 0.251 e. The second kappa shape index (κ2) is 4.96. The van der Waals surface area contributed by atoms with Crippen molar-refractivity contribution in [2.75, 3.05) is 0 Å². The fraction of sp³-hybridized carbons (Fsp3) is 0.0769. The van der Waals surface area contributed by atoms with E-state index in [-0.39, 0.29) is 5.56 Å². The first-order valence-corrected chi connectivity index (χ1v) is 7.27. The highest BCUT2D eigenvalue weighted by Crippen LogP contribution is 2.29. The Morgan fingerprint density at radius 2 is 2.00 bits per heavy atom. The number of benzene rings is 1. The van der Waals surface area contributed by atoms with Crippen LogP contribution in [0.1, 0.15) is 0 Å². The zero-order valence-corrected chi connectivity index (χ0v) is 11.1. The summed E-state index contributed by atoms with van der Waals surface area (Å²) in [5.41, 5.74) is 1.04. The SMILES string of the molecule is O=c1ccccn1CSc1nc2ccccc2s1. The van der Waals surface area contributed by atoms with Gasteiger partial charge in [0.25, 0.3) is 5.56 Å². The average molecular weight is 274 g/mol. The minimum atomic E-state index is 0.0195. The van der Waals surface area contributed by atoms with Gasteiger partial charge < -0.3 is 4.57 Å². The summed E-state index contributed by atoms with van der Waals surface area (Å²) in [5.74, 6) is 0.597. The quantitative estimate of drug-likeness (QED) is 0.688. The molecular weight excluding hydrogens is 264 g/mol. The van der Waals surface area contributed by atoms with E-state index in [0.29, 0.717) is 5.88 Å². The molecule has 3 rings (SSSR count). The molecule has 0 aliphatic carbocycles. The van der Waals surface area contributed by atoms with E-state index >= 15 is 0 Å². The lowest BCUT2D eigenvalue weighted by atomic mass is 10.3. The third-order valence-electron chi connectivity index (χ3n) is 2.50. The van der Waals surface area contributed by atoms with E-state index in [4.69, 9.17) is 0 Å². The number of fused-ring (bicyclic) bond motifs is 1. The maximum Gasteiger partial charge on any atom is 0.251 e. The molecule has 0 aliphatic heterocycles. The molecule has 0 bridgehead atoms. The number of aromatic nitrogens is 2. The van der Waals surface area contributed by atoms with Crippen LogP contribution in [0.2, 0.25) is 0 Å². The van der Waals surface area contributed by atoms with Gasteiger partial charge in [0.2, 0.25) is 0 Å². The molecule has 2 aromatic heterocycles. The van der Waals surface area contributed by atoms with Crippen LogP contribution >= 0.6 is 23.1 Å². The molecule has 90 valence electrons. The first kappa shape index (κ1) is 11.5. The van der Waals surface area contributed by atoms with Crippen LogP contribution < -0.4 is 5.56 Å². The third kappa shape index (κ3) is 2.32. The molecule has 0 spiro atoms. The van der Waals surface area contributed by atoms with Crippen molar-refractivity contribution in [2.45, 2.75) is 10.2 Å². The Morgan fingerprint density at radius 1 is 1.17 bits per heavy atom. The highest BCUT2D eigenvalue weighted by Gasteiger charge is 2.04. The van der Waals surface area contributed by atoms with Gasteiger partial charge in [-0.05, 0) is 18.2 Å². The van der Waals surface area contributed by atoms with Crippen LogP contribution in [-0.4, -0.2) is 9.55 Å². The van der Waals surface area contributed by atoms with Crippen LogP contribution in [0.25, 0.3) is 10.2 Å². The molecule has 0 radical (unpaired) electrons. The second-order valence-corrected chi connectivity index (χ2v) is 5.95. The van der Waals surface area contributed by atoms with Crippen molar-refractivity contribution in [1.82, 2.24) is 9.55 Å². The Balaban J connectivity index is 1.81. The van der Waals surface area contributed by atoms with Crippen LogP contribution in [-0.2, 0) is 5.88 Å². The van der Waals surface area contributed by atoms with Gasteiger partial charge in [-0.3, -0.25) is 4.79 Å². The number of thioether (sulfide) groups is 1. The summed E-state index contributed by atoms with van der Waals surface area (Å²) in [4.78, 5) is 16.1. The van der Waals surface area contributed by atoms with Gasteiger partial charge >= 0.3 is 0 Å². The van der Waals surface area contributed by atoms with Gasteiger partial charge in [-0.15, -0.1) is 11.3 Å². The van der Waals surface area contributed by atoms with E-state index in [0.717, 1.165) is 9.86 Å². The van der Waals surface area contributed by atoms with Crippen LogP contribution in [0, 0.1) is 0 Å². The van der Waals surface area contributed by atoms with E-state index in [1.807, 2.05) is 24.3 Å².